The molecule has 0 bridgehead atoms. The van der Waals surface area contributed by atoms with Gasteiger partial charge in [0, 0.05) is 33.8 Å². The third-order valence-corrected chi connectivity index (χ3v) is 9.44. The van der Waals surface area contributed by atoms with Gasteiger partial charge in [0.05, 0.1) is 4.90 Å². The van der Waals surface area contributed by atoms with Crippen LogP contribution in [0.5, 0.6) is 0 Å². The monoisotopic (exact) mass is 565 g/mol. The molecular formula is C31H23N3O4S2. The van der Waals surface area contributed by atoms with E-state index in [-0.39, 0.29) is 16.1 Å². The van der Waals surface area contributed by atoms with Crippen molar-refractivity contribution in [2.45, 2.75) is 10.5 Å². The van der Waals surface area contributed by atoms with Crippen LogP contribution in [-0.4, -0.2) is 28.4 Å². The second-order valence-electron chi connectivity index (χ2n) is 9.25. The van der Waals surface area contributed by atoms with E-state index < -0.39 is 21.5 Å². The molecule has 0 spiro atoms. The van der Waals surface area contributed by atoms with Crippen LogP contribution >= 0.6 is 11.3 Å². The van der Waals surface area contributed by atoms with Crippen molar-refractivity contribution >= 4 is 38.3 Å². The largest absolute Gasteiger partial charge is 0.372 e. The Morgan fingerprint density at radius 1 is 0.850 bits per heavy atom. The molecule has 40 heavy (non-hydrogen) atoms. The number of pyridine rings is 1. The lowest BCUT2D eigenvalue weighted by Gasteiger charge is -2.26. The van der Waals surface area contributed by atoms with Crippen LogP contribution in [0.1, 0.15) is 11.1 Å². The molecule has 7 nitrogen and oxygen atoms in total. The Bertz CT molecular complexity index is 1950. The summed E-state index contributed by atoms with van der Waals surface area (Å²) in [5.74, 6) is -0.924. The van der Waals surface area contributed by atoms with E-state index in [4.69, 9.17) is 5.73 Å². The van der Waals surface area contributed by atoms with Crippen LogP contribution in [-0.2, 0) is 20.4 Å². The number of aliphatic hydroxyl groups is 1. The van der Waals surface area contributed by atoms with Crippen LogP contribution < -0.4 is 5.73 Å². The lowest BCUT2D eigenvalue weighted by Crippen LogP contribution is -2.42. The van der Waals surface area contributed by atoms with Gasteiger partial charge in [0.1, 0.15) is 0 Å². The molecule has 3 aromatic heterocycles. The Morgan fingerprint density at radius 3 is 2.23 bits per heavy atom. The first kappa shape index (κ1) is 25.7. The third-order valence-electron chi connectivity index (χ3n) is 6.86. The molecule has 0 fully saturated rings. The predicted molar refractivity (Wildman–Crippen MR) is 156 cm³/mol. The normalized spacial score (nSPS) is 13.2. The van der Waals surface area contributed by atoms with Crippen LogP contribution in [0.4, 0.5) is 0 Å². The van der Waals surface area contributed by atoms with Gasteiger partial charge >= 0.3 is 0 Å². The van der Waals surface area contributed by atoms with E-state index in [1.807, 2.05) is 23.6 Å². The standard InChI is InChI=1S/C31H23N3O4S2/c32-30(35)31(36,23-10-3-1-4-11-23)24-12-7-9-21(17-24)27-20-34(40(37,38)25-13-5-2-6-14-25)29-26(27)18-22(19-33-29)28-15-8-16-39-28/h1-20,36H,(H2,32,35). The van der Waals surface area contributed by atoms with E-state index >= 15 is 0 Å². The van der Waals surface area contributed by atoms with E-state index in [1.54, 1.807) is 90.3 Å². The van der Waals surface area contributed by atoms with Crippen LogP contribution in [0.3, 0.4) is 0 Å². The second-order valence-corrected chi connectivity index (χ2v) is 12.0. The van der Waals surface area contributed by atoms with E-state index in [1.165, 1.54) is 22.3 Å². The van der Waals surface area contributed by atoms with Gasteiger partial charge in [0.2, 0.25) is 0 Å². The number of hydrogen-bond acceptors (Lipinski definition) is 6. The van der Waals surface area contributed by atoms with E-state index in [2.05, 4.69) is 4.98 Å². The highest BCUT2D eigenvalue weighted by atomic mass is 32.2. The molecule has 0 saturated heterocycles. The lowest BCUT2D eigenvalue weighted by molar-refractivity contribution is -0.133. The first-order valence-electron chi connectivity index (χ1n) is 12.3. The summed E-state index contributed by atoms with van der Waals surface area (Å²) in [5, 5.41) is 14.1. The number of rotatable bonds is 7. The highest BCUT2D eigenvalue weighted by molar-refractivity contribution is 7.90. The fourth-order valence-corrected chi connectivity index (χ4v) is 6.87. The fourth-order valence-electron chi connectivity index (χ4n) is 4.82. The molecule has 0 saturated carbocycles. The molecule has 1 atom stereocenters. The molecular weight excluding hydrogens is 542 g/mol. The molecule has 6 aromatic rings. The highest BCUT2D eigenvalue weighted by Gasteiger charge is 2.38. The summed E-state index contributed by atoms with van der Waals surface area (Å²) in [4.78, 5) is 18.3. The molecule has 3 N–H and O–H groups in total. The summed E-state index contributed by atoms with van der Waals surface area (Å²) >= 11 is 1.55. The van der Waals surface area contributed by atoms with Crippen LogP contribution in [0.2, 0.25) is 0 Å². The number of hydrogen-bond donors (Lipinski definition) is 2. The van der Waals surface area contributed by atoms with Gasteiger partial charge in [-0.1, -0.05) is 72.8 Å². The maximum Gasteiger partial charge on any atom is 0.269 e. The molecule has 0 aliphatic heterocycles. The average molecular weight is 566 g/mol. The maximum absolute atomic E-state index is 13.7. The van der Waals surface area contributed by atoms with Crippen molar-refractivity contribution in [3.8, 4) is 21.6 Å². The van der Waals surface area contributed by atoms with Crippen LogP contribution in [0.25, 0.3) is 32.6 Å². The highest BCUT2D eigenvalue weighted by Crippen LogP contribution is 2.38. The zero-order valence-electron chi connectivity index (χ0n) is 21.0. The summed E-state index contributed by atoms with van der Waals surface area (Å²) in [6, 6.07) is 29.2. The van der Waals surface area contributed by atoms with Crippen molar-refractivity contribution in [1.82, 2.24) is 8.96 Å². The number of carbonyl (C=O) groups excluding carboxylic acids is 1. The lowest BCUT2D eigenvalue weighted by atomic mass is 9.84. The van der Waals surface area contributed by atoms with Gasteiger partial charge in [-0.2, -0.15) is 0 Å². The second kappa shape index (κ2) is 9.87. The zero-order chi connectivity index (χ0) is 27.9. The van der Waals surface area contributed by atoms with Gasteiger partial charge in [-0.25, -0.2) is 17.4 Å². The van der Waals surface area contributed by atoms with Crippen molar-refractivity contribution in [3.63, 3.8) is 0 Å². The molecule has 9 heteroatoms. The van der Waals surface area contributed by atoms with Crippen molar-refractivity contribution in [1.29, 1.82) is 0 Å². The van der Waals surface area contributed by atoms with Crippen molar-refractivity contribution in [2.24, 2.45) is 5.73 Å². The number of fused-ring (bicyclic) bond motifs is 1. The Labute approximate surface area is 234 Å². The van der Waals surface area contributed by atoms with Crippen molar-refractivity contribution in [3.05, 3.63) is 132 Å². The Hall–Kier alpha value is -4.57. The molecule has 0 radical (unpaired) electrons. The number of nitrogens with zero attached hydrogens (tertiary/aromatic N) is 2. The average Bonchev–Trinajstić information content (AvgIpc) is 3.66. The Morgan fingerprint density at radius 2 is 1.55 bits per heavy atom. The number of carbonyl (C=O) groups is 1. The minimum Gasteiger partial charge on any atom is -0.372 e. The van der Waals surface area contributed by atoms with Gasteiger partial charge < -0.3 is 10.8 Å². The molecule has 0 aliphatic carbocycles. The molecule has 0 aliphatic rings. The van der Waals surface area contributed by atoms with E-state index in [0.29, 0.717) is 22.1 Å². The summed E-state index contributed by atoms with van der Waals surface area (Å²) < 4.78 is 28.6. The minimum atomic E-state index is -3.98. The van der Waals surface area contributed by atoms with E-state index in [9.17, 15) is 18.3 Å². The first-order chi connectivity index (χ1) is 19.3. The van der Waals surface area contributed by atoms with Gasteiger partial charge in [0.25, 0.3) is 15.9 Å². The summed E-state index contributed by atoms with van der Waals surface area (Å²) in [6.07, 6.45) is 3.19. The molecule has 1 unspecified atom stereocenters. The van der Waals surface area contributed by atoms with Crippen molar-refractivity contribution < 1.29 is 18.3 Å². The van der Waals surface area contributed by atoms with Gasteiger partial charge in [-0.05, 0) is 52.4 Å². The molecule has 6 rings (SSSR count). The molecule has 3 aromatic carbocycles. The van der Waals surface area contributed by atoms with Crippen molar-refractivity contribution in [2.75, 3.05) is 0 Å². The number of benzene rings is 3. The zero-order valence-corrected chi connectivity index (χ0v) is 22.6. The number of primary amides is 1. The topological polar surface area (TPSA) is 115 Å². The number of amides is 1. The van der Waals surface area contributed by atoms with Crippen LogP contribution in [0, 0.1) is 0 Å². The Kier molecular flexibility index (Phi) is 6.34. The van der Waals surface area contributed by atoms with Gasteiger partial charge in [-0.15, -0.1) is 11.3 Å². The smallest absolute Gasteiger partial charge is 0.269 e. The summed E-state index contributed by atoms with van der Waals surface area (Å²) in [6.45, 7) is 0. The predicted octanol–water partition coefficient (Wildman–Crippen LogP) is 5.39. The first-order valence-corrected chi connectivity index (χ1v) is 14.7. The SMILES string of the molecule is NC(=O)C(O)(c1ccccc1)c1cccc(-c2cn(S(=O)(=O)c3ccccc3)c3ncc(-c4cccs4)cc23)c1. The van der Waals surface area contributed by atoms with E-state index in [0.717, 1.165) is 10.4 Å². The summed E-state index contributed by atoms with van der Waals surface area (Å²) in [7, 11) is -3.98. The van der Waals surface area contributed by atoms with Gasteiger partial charge in [0.15, 0.2) is 11.2 Å². The molecule has 198 valence electrons. The number of thiophene rings is 1. The van der Waals surface area contributed by atoms with Gasteiger partial charge in [-0.3, -0.25) is 4.79 Å². The van der Waals surface area contributed by atoms with Crippen LogP contribution in [0.15, 0.2) is 126 Å². The maximum atomic E-state index is 13.7. The minimum absolute atomic E-state index is 0.128. The number of aromatic nitrogens is 2. The third kappa shape index (κ3) is 4.21. The summed E-state index contributed by atoms with van der Waals surface area (Å²) in [5.41, 5.74) is 6.49. The quantitative estimate of drug-likeness (QED) is 0.269. The molecule has 3 heterocycles. The number of nitrogens with two attached hydrogens (primary N) is 1. The molecule has 1 amide bonds. The Balaban J connectivity index is 1.59. The fraction of sp³-hybridized carbons (Fsp3) is 0.0323.